The summed E-state index contributed by atoms with van der Waals surface area (Å²) in [5.74, 6) is -1.04. The Bertz CT molecular complexity index is 536. The van der Waals surface area contributed by atoms with Gasteiger partial charge in [0, 0.05) is 24.7 Å². The molecular weight excluding hydrogens is 296 g/mol. The number of hydrogen-bond donors (Lipinski definition) is 2. The molecular formula is C18H26O5. The van der Waals surface area contributed by atoms with Gasteiger partial charge >= 0.3 is 5.97 Å². The van der Waals surface area contributed by atoms with Crippen LogP contribution in [0.15, 0.2) is 23.3 Å². The predicted octanol–water partition coefficient (Wildman–Crippen LogP) is 2.82. The highest BCUT2D eigenvalue weighted by molar-refractivity contribution is 5.91. The van der Waals surface area contributed by atoms with Gasteiger partial charge in [0.15, 0.2) is 5.78 Å². The second kappa shape index (κ2) is 8.20. The fraction of sp³-hybridized carbons (Fsp3) is 0.611. The van der Waals surface area contributed by atoms with Crippen LogP contribution in [-0.4, -0.2) is 33.9 Å². The lowest BCUT2D eigenvalue weighted by molar-refractivity contribution is -0.146. The van der Waals surface area contributed by atoms with Gasteiger partial charge in [-0.2, -0.15) is 0 Å². The Kier molecular flexibility index (Phi) is 6.88. The van der Waals surface area contributed by atoms with Gasteiger partial charge < -0.3 is 10.2 Å². The second-order valence-corrected chi connectivity index (χ2v) is 6.82. The molecule has 0 radical (unpaired) electrons. The smallest absolute Gasteiger partial charge is 0.304 e. The summed E-state index contributed by atoms with van der Waals surface area (Å²) in [6.07, 6.45) is 3.54. The van der Waals surface area contributed by atoms with Crippen molar-refractivity contribution in [2.24, 2.45) is 5.41 Å². The maximum absolute atomic E-state index is 11.8. The normalized spacial score (nSPS) is 25.1. The van der Waals surface area contributed by atoms with Gasteiger partial charge in [0.2, 0.25) is 0 Å². The van der Waals surface area contributed by atoms with Crippen molar-refractivity contribution < 1.29 is 24.6 Å². The molecule has 1 aliphatic rings. The molecule has 0 amide bonds. The van der Waals surface area contributed by atoms with Crippen molar-refractivity contribution in [3.05, 3.63) is 23.3 Å². The number of carboxylic acid groups (broad SMARTS) is 1. The number of carbonyl (C=O) groups is 3. The minimum atomic E-state index is -1.02. The van der Waals surface area contributed by atoms with Crippen LogP contribution in [0.3, 0.4) is 0 Å². The highest BCUT2D eigenvalue weighted by Crippen LogP contribution is 2.42. The number of carbonyl (C=O) groups excluding carboxylic acids is 2. The van der Waals surface area contributed by atoms with E-state index in [-0.39, 0.29) is 30.8 Å². The Morgan fingerprint density at radius 2 is 1.96 bits per heavy atom. The molecule has 2 N–H and O–H groups in total. The van der Waals surface area contributed by atoms with Crippen molar-refractivity contribution in [1.29, 1.82) is 0 Å². The topological polar surface area (TPSA) is 91.7 Å². The van der Waals surface area contributed by atoms with Gasteiger partial charge in [-0.15, -0.1) is 0 Å². The van der Waals surface area contributed by atoms with Gasteiger partial charge in [-0.25, -0.2) is 0 Å². The Morgan fingerprint density at radius 1 is 1.30 bits per heavy atom. The molecule has 128 valence electrons. The maximum Gasteiger partial charge on any atom is 0.304 e. The van der Waals surface area contributed by atoms with E-state index >= 15 is 0 Å². The molecule has 1 fully saturated rings. The molecule has 0 spiro atoms. The van der Waals surface area contributed by atoms with Crippen molar-refractivity contribution >= 4 is 17.5 Å². The van der Waals surface area contributed by atoms with Gasteiger partial charge in [-0.3, -0.25) is 14.4 Å². The summed E-state index contributed by atoms with van der Waals surface area (Å²) >= 11 is 0. The summed E-state index contributed by atoms with van der Waals surface area (Å²) in [5, 5.41) is 19.4. The third-order valence-electron chi connectivity index (χ3n) is 4.22. The molecule has 23 heavy (non-hydrogen) atoms. The summed E-state index contributed by atoms with van der Waals surface area (Å²) in [7, 11) is 0. The maximum atomic E-state index is 11.8. The van der Waals surface area contributed by atoms with Gasteiger partial charge in [0.25, 0.3) is 0 Å². The highest BCUT2D eigenvalue weighted by atomic mass is 16.4. The largest absolute Gasteiger partial charge is 0.481 e. The van der Waals surface area contributed by atoms with Crippen molar-refractivity contribution in [1.82, 2.24) is 0 Å². The summed E-state index contributed by atoms with van der Waals surface area (Å²) in [6, 6.07) is 0. The van der Waals surface area contributed by atoms with E-state index in [1.807, 2.05) is 20.8 Å². The molecule has 0 aromatic rings. The van der Waals surface area contributed by atoms with Crippen molar-refractivity contribution in [3.63, 3.8) is 0 Å². The molecule has 1 aliphatic carbocycles. The molecule has 0 aromatic carbocycles. The highest BCUT2D eigenvalue weighted by Gasteiger charge is 2.43. The number of aliphatic hydroxyl groups excluding tert-OH is 1. The molecule has 1 saturated carbocycles. The molecule has 0 heterocycles. The number of aliphatic carboxylic acids is 1. The third kappa shape index (κ3) is 6.10. The van der Waals surface area contributed by atoms with Crippen LogP contribution in [0.4, 0.5) is 0 Å². The first-order chi connectivity index (χ1) is 10.6. The summed E-state index contributed by atoms with van der Waals surface area (Å²) in [4.78, 5) is 34.7. The minimum absolute atomic E-state index is 0.00805. The average molecular weight is 322 g/mol. The van der Waals surface area contributed by atoms with E-state index in [1.165, 1.54) is 0 Å². The zero-order valence-corrected chi connectivity index (χ0v) is 14.1. The van der Waals surface area contributed by atoms with Crippen LogP contribution < -0.4 is 0 Å². The number of ketones is 2. The van der Waals surface area contributed by atoms with E-state index in [0.29, 0.717) is 19.3 Å². The molecule has 0 bridgehead atoms. The number of rotatable bonds is 7. The first kappa shape index (κ1) is 19.3. The predicted molar refractivity (Wildman–Crippen MR) is 87.0 cm³/mol. The van der Waals surface area contributed by atoms with E-state index in [2.05, 4.69) is 0 Å². The van der Waals surface area contributed by atoms with Gasteiger partial charge in [-0.1, -0.05) is 17.2 Å². The van der Waals surface area contributed by atoms with Crippen molar-refractivity contribution in [2.75, 3.05) is 0 Å². The second-order valence-electron chi connectivity index (χ2n) is 6.82. The Morgan fingerprint density at radius 3 is 2.52 bits per heavy atom. The van der Waals surface area contributed by atoms with E-state index in [9.17, 15) is 19.5 Å². The van der Waals surface area contributed by atoms with Crippen LogP contribution in [0.2, 0.25) is 0 Å². The van der Waals surface area contributed by atoms with Gasteiger partial charge in [-0.05, 0) is 39.7 Å². The van der Waals surface area contributed by atoms with Crippen LogP contribution in [-0.2, 0) is 14.4 Å². The zero-order valence-electron chi connectivity index (χ0n) is 14.1. The minimum Gasteiger partial charge on any atom is -0.481 e. The monoisotopic (exact) mass is 322 g/mol. The zero-order chi connectivity index (χ0) is 17.6. The molecule has 1 rings (SSSR count). The van der Waals surface area contributed by atoms with Crippen LogP contribution in [0.25, 0.3) is 0 Å². The van der Waals surface area contributed by atoms with Crippen LogP contribution >= 0.6 is 0 Å². The Labute approximate surface area is 137 Å². The van der Waals surface area contributed by atoms with Crippen LogP contribution in [0.5, 0.6) is 0 Å². The number of carboxylic acids is 1. The first-order valence-electron chi connectivity index (χ1n) is 7.89. The third-order valence-corrected chi connectivity index (χ3v) is 4.22. The summed E-state index contributed by atoms with van der Waals surface area (Å²) in [6.45, 7) is 5.51. The summed E-state index contributed by atoms with van der Waals surface area (Å²) in [5.41, 5.74) is 0.795. The van der Waals surface area contributed by atoms with Gasteiger partial charge in [0.05, 0.1) is 12.5 Å². The molecule has 2 atom stereocenters. The van der Waals surface area contributed by atoms with E-state index in [4.69, 9.17) is 5.11 Å². The Hall–Kier alpha value is -1.75. The fourth-order valence-corrected chi connectivity index (χ4v) is 3.06. The molecule has 0 aromatic heterocycles. The quantitative estimate of drug-likeness (QED) is 0.555. The number of Topliss-reactive ketones (excluding diaryl/α,β-unsaturated/α-hetero) is 1. The lowest BCUT2D eigenvalue weighted by atomic mass is 9.67. The van der Waals surface area contributed by atoms with Crippen LogP contribution in [0, 0.1) is 5.41 Å². The van der Waals surface area contributed by atoms with Crippen molar-refractivity contribution in [3.8, 4) is 0 Å². The molecule has 0 saturated heterocycles. The van der Waals surface area contributed by atoms with E-state index in [1.54, 1.807) is 12.2 Å². The number of aliphatic hydroxyl groups is 1. The lowest BCUT2D eigenvalue weighted by Crippen LogP contribution is -2.42. The molecule has 5 heteroatoms. The van der Waals surface area contributed by atoms with Crippen LogP contribution in [0.1, 0.15) is 59.3 Å². The standard InChI is InChI=1S/C18H26O5/c1-12(2)8-15(20)9-13(3)6-7-18(11-17(22)23)10-14(19)4-5-16(18)21/h6,8,16,21H,4-5,7,9-11H2,1-3H3,(H,22,23). The summed E-state index contributed by atoms with van der Waals surface area (Å²) < 4.78 is 0. The van der Waals surface area contributed by atoms with Gasteiger partial charge in [0.1, 0.15) is 5.78 Å². The first-order valence-corrected chi connectivity index (χ1v) is 7.89. The number of hydrogen-bond acceptors (Lipinski definition) is 4. The molecule has 5 nitrogen and oxygen atoms in total. The SMILES string of the molecule is CC(C)=CC(=O)CC(C)=CCC1(CC(=O)O)CC(=O)CCC1O. The van der Waals surface area contributed by atoms with E-state index < -0.39 is 17.5 Å². The van der Waals surface area contributed by atoms with E-state index in [0.717, 1.165) is 11.1 Å². The number of allylic oxidation sites excluding steroid dienone is 4. The average Bonchev–Trinajstić information content (AvgIpc) is 2.39. The Balaban J connectivity index is 2.87. The lowest BCUT2D eigenvalue weighted by Gasteiger charge is -2.39. The molecule has 2 unspecified atom stereocenters. The van der Waals surface area contributed by atoms with Crippen molar-refractivity contribution in [2.45, 2.75) is 65.4 Å². The molecule has 0 aliphatic heterocycles. The fourth-order valence-electron chi connectivity index (χ4n) is 3.06.